The number of phenols is 1. The van der Waals surface area contributed by atoms with Gasteiger partial charge in [0.05, 0.1) is 14.2 Å². The van der Waals surface area contributed by atoms with Crippen LogP contribution in [0.15, 0.2) is 48.5 Å². The molecule has 1 aliphatic heterocycles. The first kappa shape index (κ1) is 17.5. The Hall–Kier alpha value is -3.28. The van der Waals surface area contributed by atoms with Crippen LogP contribution in [0.3, 0.4) is 0 Å². The molecule has 0 bridgehead atoms. The van der Waals surface area contributed by atoms with Gasteiger partial charge in [0.25, 0.3) is 0 Å². The van der Waals surface area contributed by atoms with Crippen LogP contribution in [-0.4, -0.2) is 31.3 Å². The summed E-state index contributed by atoms with van der Waals surface area (Å²) in [5.41, 5.74) is 2.17. The van der Waals surface area contributed by atoms with Gasteiger partial charge in [0.15, 0.2) is 0 Å². The van der Waals surface area contributed by atoms with Crippen LogP contribution in [0.1, 0.15) is 28.7 Å². The molecule has 2 aromatic carbocycles. The summed E-state index contributed by atoms with van der Waals surface area (Å²) >= 11 is 0. The number of fused-ring (bicyclic) bond motifs is 1. The molecular weight excluding hydrogens is 336 g/mol. The summed E-state index contributed by atoms with van der Waals surface area (Å²) in [6.45, 7) is 0. The minimum Gasteiger partial charge on any atom is -0.508 e. The van der Waals surface area contributed by atoms with E-state index in [0.29, 0.717) is 11.3 Å². The SMILES string of the molecule is COC(=O)/C=C/c1ccc2c(c1)C(C(=O)OC)[C@H](c1ccc(O)cc1)O2. The largest absolute Gasteiger partial charge is 0.508 e. The topological polar surface area (TPSA) is 82.1 Å². The molecule has 6 heteroatoms. The van der Waals surface area contributed by atoms with Gasteiger partial charge in [0.1, 0.15) is 23.5 Å². The van der Waals surface area contributed by atoms with E-state index >= 15 is 0 Å². The van der Waals surface area contributed by atoms with Crippen LogP contribution in [0.2, 0.25) is 0 Å². The van der Waals surface area contributed by atoms with E-state index in [0.717, 1.165) is 11.1 Å². The van der Waals surface area contributed by atoms with Crippen molar-refractivity contribution in [2.45, 2.75) is 12.0 Å². The highest BCUT2D eigenvalue weighted by Gasteiger charge is 2.41. The van der Waals surface area contributed by atoms with Crippen molar-refractivity contribution in [2.24, 2.45) is 0 Å². The number of benzene rings is 2. The van der Waals surface area contributed by atoms with Crippen molar-refractivity contribution in [3.8, 4) is 11.5 Å². The number of phenolic OH excluding ortho intramolecular Hbond substituents is 1. The summed E-state index contributed by atoms with van der Waals surface area (Å²) < 4.78 is 15.5. The quantitative estimate of drug-likeness (QED) is 0.671. The molecule has 1 heterocycles. The first-order valence-electron chi connectivity index (χ1n) is 7.97. The van der Waals surface area contributed by atoms with Crippen LogP contribution in [0.5, 0.6) is 11.5 Å². The van der Waals surface area contributed by atoms with Gasteiger partial charge >= 0.3 is 11.9 Å². The maximum atomic E-state index is 12.4. The zero-order chi connectivity index (χ0) is 18.7. The van der Waals surface area contributed by atoms with E-state index in [1.807, 2.05) is 0 Å². The summed E-state index contributed by atoms with van der Waals surface area (Å²) in [5, 5.41) is 9.48. The van der Waals surface area contributed by atoms with Crippen molar-refractivity contribution < 1.29 is 28.9 Å². The molecule has 0 aromatic heterocycles. The van der Waals surface area contributed by atoms with Crippen LogP contribution in [0.4, 0.5) is 0 Å². The van der Waals surface area contributed by atoms with Crippen molar-refractivity contribution in [2.75, 3.05) is 14.2 Å². The molecule has 0 saturated carbocycles. The summed E-state index contributed by atoms with van der Waals surface area (Å²) in [6, 6.07) is 11.8. The normalized spacial score (nSPS) is 18.2. The Labute approximate surface area is 150 Å². The van der Waals surface area contributed by atoms with Crippen LogP contribution in [-0.2, 0) is 19.1 Å². The predicted octanol–water partition coefficient (Wildman–Crippen LogP) is 2.97. The number of esters is 2. The van der Waals surface area contributed by atoms with Crippen LogP contribution < -0.4 is 4.74 Å². The minimum atomic E-state index is -0.647. The zero-order valence-electron chi connectivity index (χ0n) is 14.3. The Kier molecular flexibility index (Phi) is 4.93. The number of carbonyl (C=O) groups is 2. The van der Waals surface area contributed by atoms with Gasteiger partial charge in [-0.1, -0.05) is 18.2 Å². The van der Waals surface area contributed by atoms with E-state index in [4.69, 9.17) is 9.47 Å². The van der Waals surface area contributed by atoms with Gasteiger partial charge in [0, 0.05) is 11.6 Å². The second kappa shape index (κ2) is 7.31. The fraction of sp³-hybridized carbons (Fsp3) is 0.200. The molecule has 2 aromatic rings. The number of methoxy groups -OCH3 is 2. The molecule has 6 nitrogen and oxygen atoms in total. The number of ether oxygens (including phenoxy) is 3. The van der Waals surface area contributed by atoms with Gasteiger partial charge in [-0.25, -0.2) is 4.79 Å². The average Bonchev–Trinajstić information content (AvgIpc) is 3.04. The lowest BCUT2D eigenvalue weighted by molar-refractivity contribution is -0.144. The van der Waals surface area contributed by atoms with Crippen molar-refractivity contribution in [1.82, 2.24) is 0 Å². The van der Waals surface area contributed by atoms with E-state index in [-0.39, 0.29) is 5.75 Å². The Morgan fingerprint density at radius 1 is 1.08 bits per heavy atom. The molecule has 3 rings (SSSR count). The Morgan fingerprint density at radius 3 is 2.46 bits per heavy atom. The maximum Gasteiger partial charge on any atom is 0.330 e. The number of carbonyl (C=O) groups excluding carboxylic acids is 2. The van der Waals surface area contributed by atoms with Crippen molar-refractivity contribution in [3.63, 3.8) is 0 Å². The lowest BCUT2D eigenvalue weighted by Crippen LogP contribution is -2.20. The van der Waals surface area contributed by atoms with Crippen molar-refractivity contribution >= 4 is 18.0 Å². The van der Waals surface area contributed by atoms with E-state index < -0.39 is 24.0 Å². The summed E-state index contributed by atoms with van der Waals surface area (Å²) in [5.74, 6) is -0.821. The van der Waals surface area contributed by atoms with E-state index in [1.165, 1.54) is 20.3 Å². The smallest absolute Gasteiger partial charge is 0.330 e. The third kappa shape index (κ3) is 3.39. The molecule has 0 aliphatic carbocycles. The molecule has 1 N–H and O–H groups in total. The molecule has 0 radical (unpaired) electrons. The van der Waals surface area contributed by atoms with Gasteiger partial charge in [-0.05, 0) is 41.5 Å². The Morgan fingerprint density at radius 2 is 1.81 bits per heavy atom. The van der Waals surface area contributed by atoms with Gasteiger partial charge < -0.3 is 19.3 Å². The second-order valence-electron chi connectivity index (χ2n) is 5.78. The molecular formula is C20H18O6. The van der Waals surface area contributed by atoms with E-state index in [1.54, 1.807) is 48.5 Å². The second-order valence-corrected chi connectivity index (χ2v) is 5.78. The van der Waals surface area contributed by atoms with E-state index in [2.05, 4.69) is 4.74 Å². The standard InChI is InChI=1S/C20H18O6/c1-24-17(22)10-4-12-3-9-16-15(11-12)18(20(23)25-2)19(26-16)13-5-7-14(21)8-6-13/h3-11,18-19,21H,1-2H3/b10-4+/t18?,19-/m0/s1. The van der Waals surface area contributed by atoms with Crippen molar-refractivity contribution in [1.29, 1.82) is 0 Å². The molecule has 1 unspecified atom stereocenters. The van der Waals surface area contributed by atoms with Gasteiger partial charge in [-0.2, -0.15) is 0 Å². The zero-order valence-corrected chi connectivity index (χ0v) is 14.3. The molecule has 1 aliphatic rings. The molecule has 0 spiro atoms. The van der Waals surface area contributed by atoms with Gasteiger partial charge in [-0.15, -0.1) is 0 Å². The molecule has 0 fully saturated rings. The van der Waals surface area contributed by atoms with Crippen LogP contribution in [0, 0.1) is 0 Å². The highest BCUT2D eigenvalue weighted by atomic mass is 16.5. The highest BCUT2D eigenvalue weighted by Crippen LogP contribution is 2.47. The van der Waals surface area contributed by atoms with Crippen molar-refractivity contribution in [3.05, 3.63) is 65.2 Å². The maximum absolute atomic E-state index is 12.4. The molecule has 26 heavy (non-hydrogen) atoms. The summed E-state index contributed by atoms with van der Waals surface area (Å²) in [6.07, 6.45) is 2.36. The summed E-state index contributed by atoms with van der Waals surface area (Å²) in [7, 11) is 2.63. The monoisotopic (exact) mass is 354 g/mol. The fourth-order valence-corrected chi connectivity index (χ4v) is 2.92. The van der Waals surface area contributed by atoms with Crippen LogP contribution >= 0.6 is 0 Å². The average molecular weight is 354 g/mol. The third-order valence-corrected chi connectivity index (χ3v) is 4.22. The third-order valence-electron chi connectivity index (χ3n) is 4.22. The molecule has 0 amide bonds. The Bertz CT molecular complexity index is 853. The number of rotatable bonds is 4. The Balaban J connectivity index is 1.98. The number of hydrogen-bond acceptors (Lipinski definition) is 6. The van der Waals surface area contributed by atoms with E-state index in [9.17, 15) is 14.7 Å². The molecule has 134 valence electrons. The molecule has 0 saturated heterocycles. The first-order valence-corrected chi connectivity index (χ1v) is 7.97. The number of hydrogen-bond donors (Lipinski definition) is 1. The highest BCUT2D eigenvalue weighted by molar-refractivity contribution is 5.87. The molecule has 2 atom stereocenters. The number of aromatic hydroxyl groups is 1. The predicted molar refractivity (Wildman–Crippen MR) is 93.7 cm³/mol. The van der Waals surface area contributed by atoms with Gasteiger partial charge in [-0.3, -0.25) is 4.79 Å². The summed E-state index contributed by atoms with van der Waals surface area (Å²) in [4.78, 5) is 23.7. The van der Waals surface area contributed by atoms with Crippen LogP contribution in [0.25, 0.3) is 6.08 Å². The fourth-order valence-electron chi connectivity index (χ4n) is 2.92. The first-order chi connectivity index (χ1) is 12.5. The lowest BCUT2D eigenvalue weighted by atomic mass is 9.90. The minimum absolute atomic E-state index is 0.133. The van der Waals surface area contributed by atoms with Gasteiger partial charge in [0.2, 0.25) is 0 Å². The lowest BCUT2D eigenvalue weighted by Gasteiger charge is -2.17.